The van der Waals surface area contributed by atoms with Gasteiger partial charge < -0.3 is 15.8 Å². The molecule has 0 radical (unpaired) electrons. The molecule has 7 heteroatoms. The Morgan fingerprint density at radius 2 is 1.96 bits per heavy atom. The number of guanidine groups is 1. The molecule has 25 heavy (non-hydrogen) atoms. The van der Waals surface area contributed by atoms with Gasteiger partial charge in [-0.1, -0.05) is 30.3 Å². The lowest BCUT2D eigenvalue weighted by Gasteiger charge is -2.11. The number of hydrogen-bond donors (Lipinski definition) is 2. The molecule has 3 N–H and O–H groups in total. The predicted molar refractivity (Wildman–Crippen MR) is 88.5 cm³/mol. The summed E-state index contributed by atoms with van der Waals surface area (Å²) in [5.41, 5.74) is 9.02. The average Bonchev–Trinajstić information content (AvgIpc) is 3.02. The van der Waals surface area contributed by atoms with Gasteiger partial charge in [0.1, 0.15) is 5.75 Å². The zero-order valence-electron chi connectivity index (χ0n) is 13.1. The molecule has 0 saturated heterocycles. The van der Waals surface area contributed by atoms with Gasteiger partial charge in [0, 0.05) is 17.7 Å². The SMILES string of the molecule is NC(=NC1C2Cc3ccccc3C21)Nc1cccc(OC(F)(F)F)c1. The summed E-state index contributed by atoms with van der Waals surface area (Å²) < 4.78 is 40.7. The first kappa shape index (κ1) is 15.8. The van der Waals surface area contributed by atoms with E-state index in [1.54, 1.807) is 6.07 Å². The van der Waals surface area contributed by atoms with Gasteiger partial charge in [0.25, 0.3) is 0 Å². The summed E-state index contributed by atoms with van der Waals surface area (Å²) in [6, 6.07) is 14.0. The molecule has 130 valence electrons. The summed E-state index contributed by atoms with van der Waals surface area (Å²) in [6.07, 6.45) is -3.73. The highest BCUT2D eigenvalue weighted by Crippen LogP contribution is 2.58. The van der Waals surface area contributed by atoms with E-state index in [0.717, 1.165) is 6.42 Å². The summed E-state index contributed by atoms with van der Waals surface area (Å²) in [6.45, 7) is 0. The maximum atomic E-state index is 12.3. The molecule has 1 saturated carbocycles. The van der Waals surface area contributed by atoms with E-state index in [-0.39, 0.29) is 17.8 Å². The number of alkyl halides is 3. The Hall–Kier alpha value is -2.70. The number of hydrogen-bond acceptors (Lipinski definition) is 2. The summed E-state index contributed by atoms with van der Waals surface area (Å²) in [5.74, 6) is 0.762. The van der Waals surface area contributed by atoms with E-state index in [1.165, 1.54) is 29.3 Å². The fourth-order valence-corrected chi connectivity index (χ4v) is 3.61. The van der Waals surface area contributed by atoms with Crippen molar-refractivity contribution in [1.82, 2.24) is 0 Å². The molecule has 4 rings (SSSR count). The number of anilines is 1. The second-order valence-corrected chi connectivity index (χ2v) is 6.30. The molecule has 3 unspecified atom stereocenters. The highest BCUT2D eigenvalue weighted by molar-refractivity contribution is 5.92. The van der Waals surface area contributed by atoms with Gasteiger partial charge in [-0.2, -0.15) is 0 Å². The molecular weight excluding hydrogens is 331 g/mol. The number of benzene rings is 2. The molecule has 2 aromatic rings. The lowest BCUT2D eigenvalue weighted by atomic mass is 10.1. The van der Waals surface area contributed by atoms with Crippen LogP contribution in [0.2, 0.25) is 0 Å². The third-order valence-corrected chi connectivity index (χ3v) is 4.63. The average molecular weight is 347 g/mol. The molecule has 0 aliphatic heterocycles. The molecule has 2 aliphatic rings. The van der Waals surface area contributed by atoms with E-state index in [9.17, 15) is 13.2 Å². The highest BCUT2D eigenvalue weighted by Gasteiger charge is 2.55. The summed E-state index contributed by atoms with van der Waals surface area (Å²) in [4.78, 5) is 4.49. The summed E-state index contributed by atoms with van der Waals surface area (Å²) in [7, 11) is 0. The first-order valence-electron chi connectivity index (χ1n) is 7.94. The highest BCUT2D eigenvalue weighted by atomic mass is 19.4. The van der Waals surface area contributed by atoms with Crippen molar-refractivity contribution < 1.29 is 17.9 Å². The number of nitrogens with zero attached hydrogens (tertiary/aromatic N) is 1. The van der Waals surface area contributed by atoms with E-state index in [2.05, 4.69) is 27.2 Å². The van der Waals surface area contributed by atoms with Gasteiger partial charge in [0.15, 0.2) is 5.96 Å². The fraction of sp³-hybridized carbons (Fsp3) is 0.278. The van der Waals surface area contributed by atoms with Crippen LogP contribution >= 0.6 is 0 Å². The third-order valence-electron chi connectivity index (χ3n) is 4.63. The standard InChI is InChI=1S/C18H16F3N3O/c19-18(20,21)25-12-6-3-5-11(9-12)23-17(22)24-16-14-8-10-4-1-2-7-13(10)15(14)16/h1-7,9,14-16H,8H2,(H3,22,23,24). The van der Waals surface area contributed by atoms with Crippen LogP contribution in [0.1, 0.15) is 17.0 Å². The summed E-state index contributed by atoms with van der Waals surface area (Å²) in [5, 5.41) is 2.83. The van der Waals surface area contributed by atoms with Gasteiger partial charge >= 0.3 is 6.36 Å². The Kier molecular flexibility index (Phi) is 3.59. The second kappa shape index (κ2) is 5.68. The van der Waals surface area contributed by atoms with E-state index in [1.807, 2.05) is 12.1 Å². The van der Waals surface area contributed by atoms with Crippen molar-refractivity contribution in [2.75, 3.05) is 5.32 Å². The second-order valence-electron chi connectivity index (χ2n) is 6.30. The van der Waals surface area contributed by atoms with Crippen molar-refractivity contribution in [3.63, 3.8) is 0 Å². The van der Waals surface area contributed by atoms with Crippen LogP contribution in [0.4, 0.5) is 18.9 Å². The Balaban J connectivity index is 1.43. The lowest BCUT2D eigenvalue weighted by Crippen LogP contribution is -2.24. The Bertz CT molecular complexity index is 834. The number of ether oxygens (including phenoxy) is 1. The molecule has 4 nitrogen and oxygen atoms in total. The van der Waals surface area contributed by atoms with Crippen molar-refractivity contribution >= 4 is 11.6 Å². The first-order valence-corrected chi connectivity index (χ1v) is 7.94. The van der Waals surface area contributed by atoms with Gasteiger partial charge in [0.05, 0.1) is 6.04 Å². The van der Waals surface area contributed by atoms with Crippen LogP contribution in [0.3, 0.4) is 0 Å². The zero-order chi connectivity index (χ0) is 17.6. The number of fused-ring (bicyclic) bond motifs is 3. The molecule has 0 amide bonds. The number of nitrogens with one attached hydrogen (secondary N) is 1. The lowest BCUT2D eigenvalue weighted by molar-refractivity contribution is -0.274. The van der Waals surface area contributed by atoms with Gasteiger partial charge in [-0.3, -0.25) is 0 Å². The van der Waals surface area contributed by atoms with Crippen LogP contribution in [0.15, 0.2) is 53.5 Å². The number of nitrogens with two attached hydrogens (primary N) is 1. The van der Waals surface area contributed by atoms with Crippen molar-refractivity contribution in [2.45, 2.75) is 24.7 Å². The maximum Gasteiger partial charge on any atom is 0.573 e. The van der Waals surface area contributed by atoms with E-state index in [0.29, 0.717) is 17.5 Å². The van der Waals surface area contributed by atoms with E-state index < -0.39 is 6.36 Å². The molecule has 0 spiro atoms. The Morgan fingerprint density at radius 1 is 1.16 bits per heavy atom. The van der Waals surface area contributed by atoms with Crippen LogP contribution in [-0.2, 0) is 6.42 Å². The smallest absolute Gasteiger partial charge is 0.406 e. The molecule has 0 heterocycles. The molecule has 2 aromatic carbocycles. The maximum absolute atomic E-state index is 12.3. The van der Waals surface area contributed by atoms with Gasteiger partial charge in [-0.05, 0) is 35.6 Å². The molecule has 0 bridgehead atoms. The van der Waals surface area contributed by atoms with Crippen molar-refractivity contribution in [2.24, 2.45) is 16.6 Å². The van der Waals surface area contributed by atoms with Crippen LogP contribution in [0.5, 0.6) is 5.75 Å². The molecular formula is C18H16F3N3O. The Labute approximate surface area is 142 Å². The van der Waals surface area contributed by atoms with E-state index >= 15 is 0 Å². The van der Waals surface area contributed by atoms with Crippen molar-refractivity contribution in [3.8, 4) is 5.75 Å². The molecule has 3 atom stereocenters. The van der Waals surface area contributed by atoms with Crippen LogP contribution in [0, 0.1) is 5.92 Å². The number of aliphatic imine (C=N–C) groups is 1. The Morgan fingerprint density at radius 3 is 2.76 bits per heavy atom. The van der Waals surface area contributed by atoms with E-state index in [4.69, 9.17) is 5.73 Å². The largest absolute Gasteiger partial charge is 0.573 e. The first-order chi connectivity index (χ1) is 11.9. The van der Waals surface area contributed by atoms with Gasteiger partial charge in [-0.15, -0.1) is 13.2 Å². The zero-order valence-corrected chi connectivity index (χ0v) is 13.1. The fourth-order valence-electron chi connectivity index (χ4n) is 3.61. The minimum absolute atomic E-state index is 0.136. The van der Waals surface area contributed by atoms with Crippen molar-refractivity contribution in [3.05, 3.63) is 59.7 Å². The third kappa shape index (κ3) is 3.26. The predicted octanol–water partition coefficient (Wildman–Crippen LogP) is 3.65. The van der Waals surface area contributed by atoms with Crippen LogP contribution in [0.25, 0.3) is 0 Å². The molecule has 2 aliphatic carbocycles. The van der Waals surface area contributed by atoms with Gasteiger partial charge in [-0.25, -0.2) is 4.99 Å². The quantitative estimate of drug-likeness (QED) is 0.658. The molecule has 1 fully saturated rings. The normalized spacial score (nSPS) is 24.4. The van der Waals surface area contributed by atoms with Gasteiger partial charge in [0.2, 0.25) is 0 Å². The minimum Gasteiger partial charge on any atom is -0.406 e. The topological polar surface area (TPSA) is 59.6 Å². The minimum atomic E-state index is -4.73. The van der Waals surface area contributed by atoms with Crippen LogP contribution in [-0.4, -0.2) is 18.4 Å². The summed E-state index contributed by atoms with van der Waals surface area (Å²) >= 11 is 0. The van der Waals surface area contributed by atoms with Crippen molar-refractivity contribution in [1.29, 1.82) is 0 Å². The monoisotopic (exact) mass is 347 g/mol. The number of rotatable bonds is 3. The number of halogens is 3. The molecule has 0 aromatic heterocycles. The van der Waals surface area contributed by atoms with Crippen LogP contribution < -0.4 is 15.8 Å².